The lowest BCUT2D eigenvalue weighted by molar-refractivity contribution is -0.918. The first kappa shape index (κ1) is 18.9. The summed E-state index contributed by atoms with van der Waals surface area (Å²) in [7, 11) is -3.44. The standard InChI is InChI=1S/C17H26N6O2S/c1-4-7-23-17(18-19-20-23)13-21-8-10-22(11-9-21)26(24,25)16-6-5-14(2)12-15(16)3/h5-6,12H,4,7-11,13H2,1-3H3/p+1. The minimum atomic E-state index is -3.44. The van der Waals surface area contributed by atoms with Crippen LogP contribution in [0.2, 0.25) is 0 Å². The Kier molecular flexibility index (Phi) is 5.69. The van der Waals surface area contributed by atoms with Gasteiger partial charge in [-0.15, -0.1) is 5.10 Å². The summed E-state index contributed by atoms with van der Waals surface area (Å²) in [5.41, 5.74) is 1.87. The van der Waals surface area contributed by atoms with Crippen molar-refractivity contribution in [3.05, 3.63) is 35.2 Å². The van der Waals surface area contributed by atoms with Crippen molar-refractivity contribution in [3.63, 3.8) is 0 Å². The predicted octanol–water partition coefficient (Wildman–Crippen LogP) is -0.211. The highest BCUT2D eigenvalue weighted by atomic mass is 32.2. The van der Waals surface area contributed by atoms with Crippen LogP contribution < -0.4 is 4.90 Å². The third-order valence-electron chi connectivity index (χ3n) is 4.83. The van der Waals surface area contributed by atoms with E-state index in [0.717, 1.165) is 49.6 Å². The van der Waals surface area contributed by atoms with Crippen molar-refractivity contribution in [3.8, 4) is 0 Å². The number of sulfonamides is 1. The molecule has 3 rings (SSSR count). The van der Waals surface area contributed by atoms with E-state index in [9.17, 15) is 8.42 Å². The number of piperazine rings is 1. The largest absolute Gasteiger partial charge is 0.326 e. The smallest absolute Gasteiger partial charge is 0.243 e. The number of nitrogens with one attached hydrogen (secondary N) is 1. The number of aromatic nitrogens is 4. The molecule has 0 saturated carbocycles. The maximum Gasteiger partial charge on any atom is 0.243 e. The highest BCUT2D eigenvalue weighted by molar-refractivity contribution is 7.89. The average Bonchev–Trinajstić information content (AvgIpc) is 3.02. The number of nitrogens with zero attached hydrogens (tertiary/aromatic N) is 5. The summed E-state index contributed by atoms with van der Waals surface area (Å²) in [5, 5.41) is 11.9. The number of hydrogen-bond donors (Lipinski definition) is 1. The van der Waals surface area contributed by atoms with E-state index in [2.05, 4.69) is 22.4 Å². The molecule has 2 heterocycles. The number of rotatable bonds is 6. The Morgan fingerprint density at radius 1 is 1.19 bits per heavy atom. The average molecular weight is 380 g/mol. The molecule has 2 aromatic rings. The van der Waals surface area contributed by atoms with Crippen LogP contribution in [0.25, 0.3) is 0 Å². The van der Waals surface area contributed by atoms with Gasteiger partial charge in [0.1, 0.15) is 6.54 Å². The number of quaternary nitrogens is 1. The highest BCUT2D eigenvalue weighted by Gasteiger charge is 2.31. The topological polar surface area (TPSA) is 85.4 Å². The zero-order chi connectivity index (χ0) is 18.7. The van der Waals surface area contributed by atoms with Crippen molar-refractivity contribution in [2.24, 2.45) is 0 Å². The fourth-order valence-electron chi connectivity index (χ4n) is 3.41. The lowest BCUT2D eigenvalue weighted by Gasteiger charge is -2.31. The molecule has 0 unspecified atom stereocenters. The maximum atomic E-state index is 13.0. The van der Waals surface area contributed by atoms with Crippen LogP contribution in [-0.4, -0.2) is 59.1 Å². The molecule has 1 N–H and O–H groups in total. The van der Waals surface area contributed by atoms with Crippen LogP contribution in [0.3, 0.4) is 0 Å². The Balaban J connectivity index is 1.65. The maximum absolute atomic E-state index is 13.0. The van der Waals surface area contributed by atoms with Crippen LogP contribution >= 0.6 is 0 Å². The lowest BCUT2D eigenvalue weighted by Crippen LogP contribution is -3.13. The van der Waals surface area contributed by atoms with Crippen LogP contribution in [0, 0.1) is 13.8 Å². The molecule has 0 bridgehead atoms. The molecule has 9 heteroatoms. The Hall–Kier alpha value is -1.84. The van der Waals surface area contributed by atoms with E-state index in [1.807, 2.05) is 30.7 Å². The molecular weight excluding hydrogens is 352 g/mol. The monoisotopic (exact) mass is 379 g/mol. The number of benzene rings is 1. The van der Waals surface area contributed by atoms with Crippen molar-refractivity contribution in [1.82, 2.24) is 24.5 Å². The lowest BCUT2D eigenvalue weighted by atomic mass is 10.2. The first-order valence-corrected chi connectivity index (χ1v) is 10.5. The summed E-state index contributed by atoms with van der Waals surface area (Å²) >= 11 is 0. The van der Waals surface area contributed by atoms with Gasteiger partial charge in [-0.2, -0.15) is 4.31 Å². The van der Waals surface area contributed by atoms with Gasteiger partial charge in [-0.3, -0.25) is 0 Å². The second-order valence-corrected chi connectivity index (χ2v) is 8.82. The van der Waals surface area contributed by atoms with Crippen LogP contribution in [-0.2, 0) is 23.1 Å². The Bertz CT molecular complexity index is 856. The van der Waals surface area contributed by atoms with Gasteiger partial charge in [0.05, 0.1) is 31.1 Å². The van der Waals surface area contributed by atoms with Gasteiger partial charge in [0.25, 0.3) is 0 Å². The van der Waals surface area contributed by atoms with Gasteiger partial charge in [0.15, 0.2) is 0 Å². The van der Waals surface area contributed by atoms with Crippen molar-refractivity contribution in [1.29, 1.82) is 0 Å². The van der Waals surface area contributed by atoms with Crippen molar-refractivity contribution < 1.29 is 13.3 Å². The molecule has 1 aliphatic heterocycles. The van der Waals surface area contributed by atoms with Crippen molar-refractivity contribution in [2.45, 2.75) is 45.2 Å². The zero-order valence-corrected chi connectivity index (χ0v) is 16.5. The molecule has 0 radical (unpaired) electrons. The van der Waals surface area contributed by atoms with E-state index in [4.69, 9.17) is 0 Å². The molecule has 1 aromatic carbocycles. The van der Waals surface area contributed by atoms with Gasteiger partial charge in [-0.05, 0) is 42.3 Å². The summed E-state index contributed by atoms with van der Waals surface area (Å²) in [6.45, 7) is 9.99. The minimum absolute atomic E-state index is 0.415. The van der Waals surface area contributed by atoms with E-state index in [0.29, 0.717) is 18.0 Å². The van der Waals surface area contributed by atoms with E-state index in [1.165, 1.54) is 4.90 Å². The quantitative estimate of drug-likeness (QED) is 0.751. The van der Waals surface area contributed by atoms with Gasteiger partial charge in [-0.1, -0.05) is 24.6 Å². The van der Waals surface area contributed by atoms with E-state index < -0.39 is 10.0 Å². The second-order valence-electron chi connectivity index (χ2n) is 6.92. The van der Waals surface area contributed by atoms with E-state index >= 15 is 0 Å². The third kappa shape index (κ3) is 3.94. The molecule has 1 fully saturated rings. The van der Waals surface area contributed by atoms with Gasteiger partial charge < -0.3 is 4.90 Å². The predicted molar refractivity (Wildman–Crippen MR) is 97.2 cm³/mol. The number of tetrazole rings is 1. The van der Waals surface area contributed by atoms with Crippen molar-refractivity contribution in [2.75, 3.05) is 26.2 Å². The molecule has 0 aliphatic carbocycles. The number of hydrogen-bond acceptors (Lipinski definition) is 5. The summed E-state index contributed by atoms with van der Waals surface area (Å²) in [5.74, 6) is 0.868. The molecule has 1 aromatic heterocycles. The molecule has 1 saturated heterocycles. The van der Waals surface area contributed by atoms with E-state index in [1.54, 1.807) is 10.4 Å². The van der Waals surface area contributed by atoms with Gasteiger partial charge in [0, 0.05) is 6.54 Å². The van der Waals surface area contributed by atoms with Crippen LogP contribution in [0.15, 0.2) is 23.1 Å². The van der Waals surface area contributed by atoms with Crippen molar-refractivity contribution >= 4 is 10.0 Å². The fourth-order valence-corrected chi connectivity index (χ4v) is 5.05. The van der Waals surface area contributed by atoms with Crippen LogP contribution in [0.1, 0.15) is 30.3 Å². The molecular formula is C17H27N6O2S+. The van der Waals surface area contributed by atoms with Crippen LogP contribution in [0.4, 0.5) is 0 Å². The Morgan fingerprint density at radius 3 is 2.58 bits per heavy atom. The molecule has 142 valence electrons. The van der Waals surface area contributed by atoms with Gasteiger partial charge in [0.2, 0.25) is 15.8 Å². The van der Waals surface area contributed by atoms with Gasteiger partial charge >= 0.3 is 0 Å². The molecule has 26 heavy (non-hydrogen) atoms. The summed E-state index contributed by atoms with van der Waals surface area (Å²) in [6.07, 6.45) is 0.981. The summed E-state index contributed by atoms with van der Waals surface area (Å²) in [4.78, 5) is 1.72. The summed E-state index contributed by atoms with van der Waals surface area (Å²) < 4.78 is 29.4. The van der Waals surface area contributed by atoms with E-state index in [-0.39, 0.29) is 0 Å². The fraction of sp³-hybridized carbons (Fsp3) is 0.588. The first-order chi connectivity index (χ1) is 12.4. The molecule has 1 aliphatic rings. The molecule has 0 spiro atoms. The molecule has 8 nitrogen and oxygen atoms in total. The normalized spacial score (nSPS) is 16.9. The SMILES string of the molecule is CCCn1nnnc1C[NH+]1CCN(S(=O)(=O)c2ccc(C)cc2C)CC1. The van der Waals surface area contributed by atoms with Gasteiger partial charge in [-0.25, -0.2) is 13.1 Å². The van der Waals surface area contributed by atoms with Crippen LogP contribution in [0.5, 0.6) is 0 Å². The molecule has 0 atom stereocenters. The molecule has 0 amide bonds. The third-order valence-corrected chi connectivity index (χ3v) is 6.89. The second kappa shape index (κ2) is 7.81. The zero-order valence-electron chi connectivity index (χ0n) is 15.6. The first-order valence-electron chi connectivity index (χ1n) is 9.08. The Morgan fingerprint density at radius 2 is 1.92 bits per heavy atom. The minimum Gasteiger partial charge on any atom is -0.326 e. The highest BCUT2D eigenvalue weighted by Crippen LogP contribution is 2.20. The number of aryl methyl sites for hydroxylation is 3. The Labute approximate surface area is 154 Å². The summed E-state index contributed by atoms with van der Waals surface area (Å²) in [6, 6.07) is 5.50.